The summed E-state index contributed by atoms with van der Waals surface area (Å²) in [5, 5.41) is 3.76. The lowest BCUT2D eigenvalue weighted by Crippen LogP contribution is -2.46. The van der Waals surface area contributed by atoms with E-state index < -0.39 is 0 Å². The summed E-state index contributed by atoms with van der Waals surface area (Å²) < 4.78 is 0. The molecule has 0 saturated heterocycles. The first-order valence-corrected chi connectivity index (χ1v) is 9.20. The lowest BCUT2D eigenvalue weighted by atomic mass is 9.76. The van der Waals surface area contributed by atoms with Crippen LogP contribution in [0.5, 0.6) is 0 Å². The summed E-state index contributed by atoms with van der Waals surface area (Å²) in [4.78, 5) is 2.69. The Morgan fingerprint density at radius 2 is 1.85 bits per heavy atom. The van der Waals surface area contributed by atoms with Gasteiger partial charge in [-0.3, -0.25) is 0 Å². The van der Waals surface area contributed by atoms with Crippen molar-refractivity contribution in [2.45, 2.75) is 78.7 Å². The Balaban J connectivity index is 2.53. The molecule has 0 bridgehead atoms. The van der Waals surface area contributed by atoms with Gasteiger partial charge in [-0.1, -0.05) is 47.0 Å². The van der Waals surface area contributed by atoms with Crippen molar-refractivity contribution >= 4 is 0 Å². The van der Waals surface area contributed by atoms with Crippen molar-refractivity contribution in [2.24, 2.45) is 11.8 Å². The van der Waals surface area contributed by atoms with Crippen LogP contribution >= 0.6 is 0 Å². The van der Waals surface area contributed by atoms with E-state index in [1.165, 1.54) is 64.6 Å². The highest BCUT2D eigenvalue weighted by Crippen LogP contribution is 2.32. The molecule has 1 rings (SSSR count). The van der Waals surface area contributed by atoms with E-state index in [2.05, 4.69) is 37.9 Å². The van der Waals surface area contributed by atoms with Crippen LogP contribution in [0.2, 0.25) is 0 Å². The molecule has 0 aromatic rings. The molecule has 3 atom stereocenters. The topological polar surface area (TPSA) is 15.3 Å². The molecule has 0 heterocycles. The third-order valence-corrected chi connectivity index (χ3v) is 5.02. The minimum atomic E-state index is 0.767. The molecular formula is C18H38N2. The Bertz CT molecular complexity index is 229. The molecule has 1 aliphatic rings. The Kier molecular flexibility index (Phi) is 9.54. The monoisotopic (exact) mass is 282 g/mol. The van der Waals surface area contributed by atoms with Crippen LogP contribution in [0.15, 0.2) is 0 Å². The third-order valence-electron chi connectivity index (χ3n) is 5.02. The Morgan fingerprint density at radius 3 is 2.45 bits per heavy atom. The molecule has 2 heteroatoms. The number of hydrogen-bond acceptors (Lipinski definition) is 2. The van der Waals surface area contributed by atoms with Gasteiger partial charge in [0.15, 0.2) is 0 Å². The van der Waals surface area contributed by atoms with E-state index in [9.17, 15) is 0 Å². The summed E-state index contributed by atoms with van der Waals surface area (Å²) >= 11 is 0. The molecule has 120 valence electrons. The second kappa shape index (κ2) is 10.6. The fourth-order valence-electron chi connectivity index (χ4n) is 3.86. The minimum absolute atomic E-state index is 0.767. The summed E-state index contributed by atoms with van der Waals surface area (Å²) in [7, 11) is 0. The lowest BCUT2D eigenvalue weighted by molar-refractivity contribution is 0.138. The van der Waals surface area contributed by atoms with E-state index in [4.69, 9.17) is 0 Å². The van der Waals surface area contributed by atoms with Gasteiger partial charge in [-0.2, -0.15) is 0 Å². The average molecular weight is 283 g/mol. The van der Waals surface area contributed by atoms with Crippen molar-refractivity contribution in [3.8, 4) is 0 Å². The van der Waals surface area contributed by atoms with Gasteiger partial charge in [-0.05, 0) is 57.2 Å². The zero-order valence-electron chi connectivity index (χ0n) is 14.5. The first kappa shape index (κ1) is 18.0. The molecule has 0 spiro atoms. The van der Waals surface area contributed by atoms with Gasteiger partial charge >= 0.3 is 0 Å². The van der Waals surface area contributed by atoms with Gasteiger partial charge in [0.25, 0.3) is 0 Å². The maximum Gasteiger partial charge on any atom is 0.0108 e. The smallest absolute Gasteiger partial charge is 0.0108 e. The Labute approximate surface area is 127 Å². The molecular weight excluding hydrogens is 244 g/mol. The summed E-state index contributed by atoms with van der Waals surface area (Å²) in [5.41, 5.74) is 0. The van der Waals surface area contributed by atoms with Gasteiger partial charge in [0.1, 0.15) is 0 Å². The van der Waals surface area contributed by atoms with Crippen LogP contribution in [0.3, 0.4) is 0 Å². The SMILES string of the molecule is CCCCN(CC)CC1CC(CCC)CCC1NCC. The van der Waals surface area contributed by atoms with Crippen LogP contribution in [0.4, 0.5) is 0 Å². The van der Waals surface area contributed by atoms with E-state index in [0.29, 0.717) is 0 Å². The quantitative estimate of drug-likeness (QED) is 0.642. The van der Waals surface area contributed by atoms with Crippen molar-refractivity contribution < 1.29 is 0 Å². The fourth-order valence-corrected chi connectivity index (χ4v) is 3.86. The van der Waals surface area contributed by atoms with Crippen LogP contribution in [-0.2, 0) is 0 Å². The molecule has 0 radical (unpaired) electrons. The lowest BCUT2D eigenvalue weighted by Gasteiger charge is -2.39. The predicted octanol–water partition coefficient (Wildman–Crippen LogP) is 4.30. The van der Waals surface area contributed by atoms with Gasteiger partial charge in [-0.25, -0.2) is 0 Å². The van der Waals surface area contributed by atoms with Gasteiger partial charge < -0.3 is 10.2 Å². The number of rotatable bonds is 10. The second-order valence-electron chi connectivity index (χ2n) is 6.64. The van der Waals surface area contributed by atoms with E-state index >= 15 is 0 Å². The zero-order valence-corrected chi connectivity index (χ0v) is 14.5. The second-order valence-corrected chi connectivity index (χ2v) is 6.64. The standard InChI is InChI=1S/C18H38N2/c1-5-9-13-20(8-4)15-17-14-16(10-6-2)11-12-18(17)19-7-3/h16-19H,5-15H2,1-4H3. The van der Waals surface area contributed by atoms with E-state index in [-0.39, 0.29) is 0 Å². The molecule has 0 aliphatic heterocycles. The van der Waals surface area contributed by atoms with Crippen LogP contribution in [0.1, 0.15) is 72.6 Å². The van der Waals surface area contributed by atoms with E-state index in [0.717, 1.165) is 24.4 Å². The first-order valence-electron chi connectivity index (χ1n) is 9.20. The minimum Gasteiger partial charge on any atom is -0.314 e. The Morgan fingerprint density at radius 1 is 1.05 bits per heavy atom. The first-order chi connectivity index (χ1) is 9.74. The van der Waals surface area contributed by atoms with Crippen molar-refractivity contribution in [3.05, 3.63) is 0 Å². The average Bonchev–Trinajstić information content (AvgIpc) is 2.46. The van der Waals surface area contributed by atoms with Crippen LogP contribution < -0.4 is 5.32 Å². The summed E-state index contributed by atoms with van der Waals surface area (Å²) in [6.07, 6.45) is 9.76. The molecule has 1 fully saturated rings. The molecule has 1 aliphatic carbocycles. The zero-order chi connectivity index (χ0) is 14.8. The van der Waals surface area contributed by atoms with E-state index in [1.54, 1.807) is 0 Å². The summed E-state index contributed by atoms with van der Waals surface area (Å²) in [5.74, 6) is 1.86. The van der Waals surface area contributed by atoms with Gasteiger partial charge in [0.2, 0.25) is 0 Å². The summed E-state index contributed by atoms with van der Waals surface area (Å²) in [6.45, 7) is 14.2. The maximum absolute atomic E-state index is 3.76. The molecule has 0 aromatic carbocycles. The van der Waals surface area contributed by atoms with Gasteiger partial charge in [0.05, 0.1) is 0 Å². The third kappa shape index (κ3) is 6.13. The molecule has 1 saturated carbocycles. The molecule has 0 amide bonds. The van der Waals surface area contributed by atoms with E-state index in [1.807, 2.05) is 0 Å². The molecule has 0 aromatic heterocycles. The van der Waals surface area contributed by atoms with Crippen molar-refractivity contribution in [1.82, 2.24) is 10.2 Å². The molecule has 1 N–H and O–H groups in total. The molecule has 20 heavy (non-hydrogen) atoms. The van der Waals surface area contributed by atoms with Crippen LogP contribution in [-0.4, -0.2) is 37.1 Å². The molecule has 2 nitrogen and oxygen atoms in total. The number of nitrogens with zero attached hydrogens (tertiary/aromatic N) is 1. The van der Waals surface area contributed by atoms with Crippen molar-refractivity contribution in [2.75, 3.05) is 26.2 Å². The number of hydrogen-bond donors (Lipinski definition) is 1. The maximum atomic E-state index is 3.76. The highest BCUT2D eigenvalue weighted by Gasteiger charge is 2.30. The normalized spacial score (nSPS) is 27.1. The number of nitrogens with one attached hydrogen (secondary N) is 1. The van der Waals surface area contributed by atoms with Crippen LogP contribution in [0, 0.1) is 11.8 Å². The number of unbranched alkanes of at least 4 members (excludes halogenated alkanes) is 1. The largest absolute Gasteiger partial charge is 0.314 e. The summed E-state index contributed by atoms with van der Waals surface area (Å²) in [6, 6.07) is 0.767. The fraction of sp³-hybridized carbons (Fsp3) is 1.00. The van der Waals surface area contributed by atoms with Gasteiger partial charge in [-0.15, -0.1) is 0 Å². The van der Waals surface area contributed by atoms with Crippen molar-refractivity contribution in [3.63, 3.8) is 0 Å². The highest BCUT2D eigenvalue weighted by molar-refractivity contribution is 4.86. The highest BCUT2D eigenvalue weighted by atomic mass is 15.1. The van der Waals surface area contributed by atoms with Gasteiger partial charge in [0, 0.05) is 12.6 Å². The van der Waals surface area contributed by atoms with Crippen LogP contribution in [0.25, 0.3) is 0 Å². The Hall–Kier alpha value is -0.0800. The van der Waals surface area contributed by atoms with Crippen molar-refractivity contribution in [1.29, 1.82) is 0 Å². The molecule has 3 unspecified atom stereocenters. The predicted molar refractivity (Wildman–Crippen MR) is 90.2 cm³/mol.